The summed E-state index contributed by atoms with van der Waals surface area (Å²) in [5.41, 5.74) is -1.00. The molecule has 0 spiro atoms. The van der Waals surface area contributed by atoms with Crippen LogP contribution in [0.2, 0.25) is 0 Å². The molecule has 0 saturated carbocycles. The number of sulfone groups is 1. The molecule has 2 amide bonds. The van der Waals surface area contributed by atoms with Gasteiger partial charge >= 0.3 is 0 Å². The van der Waals surface area contributed by atoms with Crippen LogP contribution in [0.25, 0.3) is 10.8 Å². The van der Waals surface area contributed by atoms with Gasteiger partial charge in [-0.25, -0.2) is 13.3 Å². The van der Waals surface area contributed by atoms with Crippen molar-refractivity contribution in [2.45, 2.75) is 42.3 Å². The van der Waals surface area contributed by atoms with Crippen LogP contribution in [0, 0.1) is 23.2 Å². The third kappa shape index (κ3) is 3.55. The molecule has 0 radical (unpaired) electrons. The van der Waals surface area contributed by atoms with Gasteiger partial charge < -0.3 is 9.47 Å². The molecule has 2 bridgehead atoms. The van der Waals surface area contributed by atoms with E-state index >= 15 is 0 Å². The maximum absolute atomic E-state index is 13.9. The fourth-order valence-corrected chi connectivity index (χ4v) is 7.17. The minimum Gasteiger partial charge on any atom is -0.493 e. The minimum atomic E-state index is -3.30. The third-order valence-corrected chi connectivity index (χ3v) is 9.45. The van der Waals surface area contributed by atoms with Gasteiger partial charge in [0.05, 0.1) is 45.8 Å². The van der Waals surface area contributed by atoms with Gasteiger partial charge in [-0.15, -0.1) is 0 Å². The van der Waals surface area contributed by atoms with E-state index in [4.69, 9.17) is 9.47 Å². The van der Waals surface area contributed by atoms with Crippen LogP contribution in [0.15, 0.2) is 65.6 Å². The Labute approximate surface area is 220 Å². The Kier molecular flexibility index (Phi) is 5.42. The lowest BCUT2D eigenvalue weighted by Crippen LogP contribution is -2.43. The van der Waals surface area contributed by atoms with Crippen molar-refractivity contribution in [1.29, 1.82) is 5.26 Å². The van der Waals surface area contributed by atoms with Crippen molar-refractivity contribution in [3.8, 4) is 11.8 Å². The van der Waals surface area contributed by atoms with E-state index < -0.39 is 32.9 Å². The lowest BCUT2D eigenvalue weighted by atomic mass is 9.67. The first kappa shape index (κ1) is 24.6. The SMILES string of the molecule is CC12CCC(CCOc3ccc(S(C)(=O)=O)cc3)(O1)C1C(=O)N(c3ccc4ccccc4c3C#N)C(=O)C12. The number of nitrogens with zero attached hydrogens (tertiary/aromatic N) is 2. The van der Waals surface area contributed by atoms with Crippen molar-refractivity contribution in [2.24, 2.45) is 11.8 Å². The fraction of sp³-hybridized carbons (Fsp3) is 0.345. The quantitative estimate of drug-likeness (QED) is 0.443. The average molecular weight is 531 g/mol. The van der Waals surface area contributed by atoms with Crippen molar-refractivity contribution in [1.82, 2.24) is 0 Å². The summed E-state index contributed by atoms with van der Waals surface area (Å²) in [4.78, 5) is 29.1. The molecule has 0 aliphatic carbocycles. The number of imide groups is 1. The van der Waals surface area contributed by atoms with E-state index in [-0.39, 0.29) is 23.3 Å². The standard InChI is InChI=1S/C29H26N2O6S/c1-28-13-14-29(37-28,15-16-36-19-8-10-20(11-9-19)38(2,34)35)25-24(28)26(32)31(27(25)33)23-12-7-18-5-3-4-6-21(18)22(23)17-30/h3-12,24-25H,13-16H2,1-2H3. The summed E-state index contributed by atoms with van der Waals surface area (Å²) >= 11 is 0. The number of amides is 2. The molecule has 6 rings (SSSR count). The largest absolute Gasteiger partial charge is 0.493 e. The number of ether oxygens (including phenoxy) is 2. The van der Waals surface area contributed by atoms with Crippen LogP contribution in [0.3, 0.4) is 0 Å². The first-order valence-corrected chi connectivity index (χ1v) is 14.4. The molecule has 0 aromatic heterocycles. The van der Waals surface area contributed by atoms with E-state index in [0.29, 0.717) is 41.6 Å². The Balaban J connectivity index is 1.28. The number of nitriles is 1. The Morgan fingerprint density at radius 2 is 1.74 bits per heavy atom. The number of carbonyl (C=O) groups is 2. The predicted molar refractivity (Wildman–Crippen MR) is 139 cm³/mol. The van der Waals surface area contributed by atoms with Gasteiger partial charge in [0.1, 0.15) is 11.8 Å². The normalized spacial score (nSPS) is 28.1. The molecule has 3 aromatic carbocycles. The highest BCUT2D eigenvalue weighted by Crippen LogP contribution is 2.62. The van der Waals surface area contributed by atoms with Crippen molar-refractivity contribution >= 4 is 38.1 Å². The molecule has 38 heavy (non-hydrogen) atoms. The smallest absolute Gasteiger partial charge is 0.240 e. The van der Waals surface area contributed by atoms with Gasteiger partial charge in [0, 0.05) is 18.1 Å². The molecular weight excluding hydrogens is 504 g/mol. The number of carbonyl (C=O) groups excluding carboxylic acids is 2. The highest BCUT2D eigenvalue weighted by molar-refractivity contribution is 7.90. The van der Waals surface area contributed by atoms with E-state index in [2.05, 4.69) is 6.07 Å². The van der Waals surface area contributed by atoms with Gasteiger partial charge in [0.25, 0.3) is 0 Å². The molecule has 194 valence electrons. The third-order valence-electron chi connectivity index (χ3n) is 8.32. The second kappa shape index (κ2) is 8.38. The van der Waals surface area contributed by atoms with Crippen LogP contribution in [-0.4, -0.2) is 44.3 Å². The number of hydrogen-bond acceptors (Lipinski definition) is 7. The van der Waals surface area contributed by atoms with Gasteiger partial charge in [-0.2, -0.15) is 5.26 Å². The molecule has 4 atom stereocenters. The van der Waals surface area contributed by atoms with E-state index in [9.17, 15) is 23.3 Å². The highest BCUT2D eigenvalue weighted by atomic mass is 32.2. The highest BCUT2D eigenvalue weighted by Gasteiger charge is 2.74. The molecule has 3 aliphatic heterocycles. The molecule has 3 aromatic rings. The zero-order chi connectivity index (χ0) is 26.9. The predicted octanol–water partition coefficient (Wildman–Crippen LogP) is 4.01. The molecule has 3 fully saturated rings. The molecule has 3 heterocycles. The zero-order valence-corrected chi connectivity index (χ0v) is 21.8. The summed E-state index contributed by atoms with van der Waals surface area (Å²) in [6.07, 6.45) is 2.81. The molecule has 3 saturated heterocycles. The minimum absolute atomic E-state index is 0.206. The summed E-state index contributed by atoms with van der Waals surface area (Å²) in [5.74, 6) is -1.45. The van der Waals surface area contributed by atoms with E-state index in [0.717, 1.165) is 11.6 Å². The lowest BCUT2D eigenvalue weighted by molar-refractivity contribution is -0.131. The monoisotopic (exact) mass is 530 g/mol. The molecule has 9 heteroatoms. The van der Waals surface area contributed by atoms with Crippen LogP contribution in [0.5, 0.6) is 5.75 Å². The second-order valence-corrected chi connectivity index (χ2v) is 12.6. The first-order chi connectivity index (χ1) is 18.1. The molecule has 4 unspecified atom stereocenters. The van der Waals surface area contributed by atoms with Crippen LogP contribution < -0.4 is 9.64 Å². The number of fused-ring (bicyclic) bond motifs is 6. The number of benzene rings is 3. The van der Waals surface area contributed by atoms with Crippen molar-refractivity contribution < 1.29 is 27.5 Å². The molecular formula is C29H26N2O6S. The summed E-state index contributed by atoms with van der Waals surface area (Å²) in [5, 5.41) is 11.5. The van der Waals surface area contributed by atoms with Crippen LogP contribution >= 0.6 is 0 Å². The maximum Gasteiger partial charge on any atom is 0.240 e. The Morgan fingerprint density at radius 1 is 1.03 bits per heavy atom. The van der Waals surface area contributed by atoms with E-state index in [1.807, 2.05) is 37.3 Å². The first-order valence-electron chi connectivity index (χ1n) is 12.5. The van der Waals surface area contributed by atoms with Gasteiger partial charge in [-0.1, -0.05) is 30.3 Å². The fourth-order valence-electron chi connectivity index (χ4n) is 6.54. The Hall–Kier alpha value is -3.74. The molecule has 8 nitrogen and oxygen atoms in total. The topological polar surface area (TPSA) is 114 Å². The Bertz CT molecular complexity index is 1640. The summed E-state index contributed by atoms with van der Waals surface area (Å²) in [6.45, 7) is 2.13. The number of anilines is 1. The van der Waals surface area contributed by atoms with Gasteiger partial charge in [0.2, 0.25) is 11.8 Å². The summed E-state index contributed by atoms with van der Waals surface area (Å²) in [7, 11) is -3.30. The van der Waals surface area contributed by atoms with E-state index in [1.165, 1.54) is 17.0 Å². The molecule has 0 N–H and O–H groups in total. The summed E-state index contributed by atoms with van der Waals surface area (Å²) < 4.78 is 35.8. The van der Waals surface area contributed by atoms with Crippen molar-refractivity contribution in [3.05, 3.63) is 66.2 Å². The number of hydrogen-bond donors (Lipinski definition) is 0. The van der Waals surface area contributed by atoms with Gasteiger partial charge in [-0.05, 0) is 55.5 Å². The summed E-state index contributed by atoms with van der Waals surface area (Å²) in [6, 6.07) is 19.3. The van der Waals surface area contributed by atoms with Crippen LogP contribution in [0.4, 0.5) is 5.69 Å². The maximum atomic E-state index is 13.9. The van der Waals surface area contributed by atoms with Crippen LogP contribution in [0.1, 0.15) is 31.7 Å². The zero-order valence-electron chi connectivity index (χ0n) is 21.0. The Morgan fingerprint density at radius 3 is 2.45 bits per heavy atom. The van der Waals surface area contributed by atoms with Gasteiger partial charge in [-0.3, -0.25) is 9.59 Å². The van der Waals surface area contributed by atoms with Crippen molar-refractivity contribution in [2.75, 3.05) is 17.8 Å². The molecule has 3 aliphatic rings. The lowest BCUT2D eigenvalue weighted by Gasteiger charge is -2.31. The van der Waals surface area contributed by atoms with Crippen molar-refractivity contribution in [3.63, 3.8) is 0 Å². The van der Waals surface area contributed by atoms with E-state index in [1.54, 1.807) is 18.2 Å². The average Bonchev–Trinajstić information content (AvgIpc) is 3.47. The second-order valence-electron chi connectivity index (χ2n) is 10.6. The number of rotatable bonds is 6. The van der Waals surface area contributed by atoms with Crippen LogP contribution in [-0.2, 0) is 24.2 Å². The van der Waals surface area contributed by atoms with Gasteiger partial charge in [0.15, 0.2) is 9.84 Å².